The van der Waals surface area contributed by atoms with E-state index >= 15 is 0 Å². The van der Waals surface area contributed by atoms with Crippen molar-refractivity contribution < 1.29 is 17.9 Å². The van der Waals surface area contributed by atoms with E-state index in [1.807, 2.05) is 4.57 Å². The quantitative estimate of drug-likeness (QED) is 0.223. The fourth-order valence-corrected chi connectivity index (χ4v) is 4.96. The van der Waals surface area contributed by atoms with Gasteiger partial charge < -0.3 is 9.30 Å². The summed E-state index contributed by atoms with van der Waals surface area (Å²) in [6, 6.07) is 10.6. The van der Waals surface area contributed by atoms with Gasteiger partial charge in [-0.3, -0.25) is 9.36 Å². The van der Waals surface area contributed by atoms with Crippen molar-refractivity contribution in [2.45, 2.75) is 36.6 Å². The third-order valence-electron chi connectivity index (χ3n) is 5.81. The lowest BCUT2D eigenvalue weighted by Crippen LogP contribution is -2.22. The minimum atomic E-state index is -4.45. The van der Waals surface area contributed by atoms with Crippen molar-refractivity contribution in [1.82, 2.24) is 19.1 Å². The number of fused-ring (bicyclic) bond motifs is 1. The van der Waals surface area contributed by atoms with E-state index in [-0.39, 0.29) is 11.3 Å². The SMILES string of the molecule is COc1cc(C(F)(F)F)ccc1CCSc1nc2c(ncn2C2CC2)c(=O)n1-c1ccc(Cl)cc1. The van der Waals surface area contributed by atoms with Crippen LogP contribution in [0.5, 0.6) is 5.75 Å². The molecule has 0 saturated heterocycles. The number of hydrogen-bond acceptors (Lipinski definition) is 5. The summed E-state index contributed by atoms with van der Waals surface area (Å²) in [6.45, 7) is 0. The first-order valence-electron chi connectivity index (χ1n) is 10.9. The molecule has 0 radical (unpaired) electrons. The average Bonchev–Trinajstić information content (AvgIpc) is 3.58. The number of thioether (sulfide) groups is 1. The highest BCUT2D eigenvalue weighted by molar-refractivity contribution is 7.99. The second-order valence-electron chi connectivity index (χ2n) is 8.19. The van der Waals surface area contributed by atoms with Gasteiger partial charge in [-0.15, -0.1) is 0 Å². The summed E-state index contributed by atoms with van der Waals surface area (Å²) in [5, 5.41) is 1.01. The second-order valence-corrected chi connectivity index (χ2v) is 9.69. The lowest BCUT2D eigenvalue weighted by molar-refractivity contribution is -0.137. The number of nitrogens with zero attached hydrogens (tertiary/aromatic N) is 4. The van der Waals surface area contributed by atoms with E-state index in [4.69, 9.17) is 21.3 Å². The molecule has 0 spiro atoms. The Morgan fingerprint density at radius 2 is 1.91 bits per heavy atom. The van der Waals surface area contributed by atoms with Crippen LogP contribution in [0.4, 0.5) is 13.2 Å². The molecule has 182 valence electrons. The smallest absolute Gasteiger partial charge is 0.416 e. The molecule has 4 aromatic rings. The topological polar surface area (TPSA) is 61.9 Å². The van der Waals surface area contributed by atoms with Gasteiger partial charge in [0, 0.05) is 16.8 Å². The standard InChI is InChI=1S/C24H20ClF3N4O2S/c1-34-19-12-15(24(26,27)28)3-2-14(19)10-11-35-23-30-21-20(29-13-31(21)17-8-9-17)22(33)32(23)18-6-4-16(25)5-7-18/h2-7,12-13,17H,8-11H2,1H3. The van der Waals surface area contributed by atoms with E-state index < -0.39 is 11.7 Å². The summed E-state index contributed by atoms with van der Waals surface area (Å²) in [5.74, 6) is 0.635. The van der Waals surface area contributed by atoms with Crippen LogP contribution in [0.25, 0.3) is 16.9 Å². The monoisotopic (exact) mass is 520 g/mol. The van der Waals surface area contributed by atoms with Crippen LogP contribution in [-0.2, 0) is 12.6 Å². The highest BCUT2D eigenvalue weighted by atomic mass is 35.5. The number of rotatable bonds is 7. The fourth-order valence-electron chi connectivity index (χ4n) is 3.86. The minimum absolute atomic E-state index is 0.172. The average molecular weight is 521 g/mol. The third-order valence-corrected chi connectivity index (χ3v) is 7.00. The molecule has 1 saturated carbocycles. The fraction of sp³-hybridized carbons (Fsp3) is 0.292. The number of alkyl halides is 3. The van der Waals surface area contributed by atoms with Gasteiger partial charge in [0.2, 0.25) is 0 Å². The molecule has 35 heavy (non-hydrogen) atoms. The molecular formula is C24H20ClF3N4O2S. The Kier molecular flexibility index (Phi) is 6.27. The molecule has 5 rings (SSSR count). The zero-order chi connectivity index (χ0) is 24.7. The van der Waals surface area contributed by atoms with Gasteiger partial charge in [-0.05, 0) is 61.2 Å². The van der Waals surface area contributed by atoms with Gasteiger partial charge in [0.05, 0.1) is 24.7 Å². The summed E-state index contributed by atoms with van der Waals surface area (Å²) in [7, 11) is 1.35. The normalized spacial score (nSPS) is 14.0. The maximum absolute atomic E-state index is 13.4. The Labute approximate surface area is 207 Å². The summed E-state index contributed by atoms with van der Waals surface area (Å²) in [4.78, 5) is 22.5. The molecule has 6 nitrogen and oxygen atoms in total. The Morgan fingerprint density at radius 1 is 1.17 bits per heavy atom. The second kappa shape index (κ2) is 9.23. The molecule has 0 aliphatic heterocycles. The highest BCUT2D eigenvalue weighted by Gasteiger charge is 2.31. The van der Waals surface area contributed by atoms with Gasteiger partial charge in [0.25, 0.3) is 5.56 Å². The van der Waals surface area contributed by atoms with Crippen LogP contribution in [-0.4, -0.2) is 32.0 Å². The molecule has 11 heteroatoms. The predicted molar refractivity (Wildman–Crippen MR) is 129 cm³/mol. The molecule has 2 aromatic carbocycles. The molecule has 1 aliphatic rings. The van der Waals surface area contributed by atoms with Gasteiger partial charge in [-0.2, -0.15) is 13.2 Å². The first-order chi connectivity index (χ1) is 16.8. The van der Waals surface area contributed by atoms with E-state index in [9.17, 15) is 18.0 Å². The first-order valence-corrected chi connectivity index (χ1v) is 12.2. The Bertz CT molecular complexity index is 1450. The van der Waals surface area contributed by atoms with Crippen molar-refractivity contribution in [2.24, 2.45) is 0 Å². The van der Waals surface area contributed by atoms with Gasteiger partial charge in [0.15, 0.2) is 16.3 Å². The van der Waals surface area contributed by atoms with Crippen LogP contribution in [0.3, 0.4) is 0 Å². The highest BCUT2D eigenvalue weighted by Crippen LogP contribution is 2.37. The molecular weight excluding hydrogens is 501 g/mol. The van der Waals surface area contributed by atoms with Crippen molar-refractivity contribution >= 4 is 34.5 Å². The van der Waals surface area contributed by atoms with Crippen molar-refractivity contribution in [3.63, 3.8) is 0 Å². The van der Waals surface area contributed by atoms with Crippen LogP contribution in [0, 0.1) is 0 Å². The van der Waals surface area contributed by atoms with Gasteiger partial charge in [-0.25, -0.2) is 9.97 Å². The maximum Gasteiger partial charge on any atom is 0.416 e. The van der Waals surface area contributed by atoms with Crippen molar-refractivity contribution in [3.05, 3.63) is 75.3 Å². The van der Waals surface area contributed by atoms with Crippen LogP contribution in [0.15, 0.2) is 58.7 Å². The first kappa shape index (κ1) is 23.7. The van der Waals surface area contributed by atoms with E-state index in [0.717, 1.165) is 25.0 Å². The van der Waals surface area contributed by atoms with Crippen LogP contribution in [0.1, 0.15) is 30.0 Å². The third kappa shape index (κ3) is 4.77. The van der Waals surface area contributed by atoms with E-state index in [2.05, 4.69) is 4.98 Å². The number of methoxy groups -OCH3 is 1. The number of ether oxygens (including phenoxy) is 1. The minimum Gasteiger partial charge on any atom is -0.496 e. The molecule has 2 aromatic heterocycles. The predicted octanol–water partition coefficient (Wildman–Crippen LogP) is 5.93. The van der Waals surface area contributed by atoms with Crippen LogP contribution >= 0.6 is 23.4 Å². The Hall–Kier alpha value is -2.98. The molecule has 2 heterocycles. The van der Waals surface area contributed by atoms with E-state index in [1.54, 1.807) is 30.6 Å². The molecule has 1 aliphatic carbocycles. The largest absolute Gasteiger partial charge is 0.496 e. The molecule has 0 atom stereocenters. The van der Waals surface area contributed by atoms with Gasteiger partial charge in [-0.1, -0.05) is 29.4 Å². The molecule has 0 amide bonds. The summed E-state index contributed by atoms with van der Waals surface area (Å²) in [6.07, 6.45) is -0.334. The molecule has 1 fully saturated rings. The Morgan fingerprint density at radius 3 is 2.57 bits per heavy atom. The van der Waals surface area contributed by atoms with Crippen molar-refractivity contribution in [1.29, 1.82) is 0 Å². The van der Waals surface area contributed by atoms with Crippen molar-refractivity contribution in [2.75, 3.05) is 12.9 Å². The summed E-state index contributed by atoms with van der Waals surface area (Å²) >= 11 is 7.38. The van der Waals surface area contributed by atoms with Crippen LogP contribution in [0.2, 0.25) is 5.02 Å². The number of imidazole rings is 1. The lowest BCUT2D eigenvalue weighted by atomic mass is 10.1. The van der Waals surface area contributed by atoms with Gasteiger partial charge >= 0.3 is 6.18 Å². The lowest BCUT2D eigenvalue weighted by Gasteiger charge is -2.14. The number of hydrogen-bond donors (Lipinski definition) is 0. The van der Waals surface area contributed by atoms with Crippen molar-refractivity contribution in [3.8, 4) is 11.4 Å². The van der Waals surface area contributed by atoms with Gasteiger partial charge in [0.1, 0.15) is 5.75 Å². The number of aromatic nitrogens is 4. The zero-order valence-electron chi connectivity index (χ0n) is 18.6. The van der Waals surface area contributed by atoms with E-state index in [0.29, 0.717) is 50.8 Å². The summed E-state index contributed by atoms with van der Waals surface area (Å²) < 4.78 is 47.8. The Balaban J connectivity index is 1.48. The van der Waals surface area contributed by atoms with Crippen LogP contribution < -0.4 is 10.3 Å². The summed E-state index contributed by atoms with van der Waals surface area (Å²) in [5.41, 5.74) is 1.02. The molecule has 0 bridgehead atoms. The molecule has 0 N–H and O–H groups in total. The number of aryl methyl sites for hydroxylation is 1. The maximum atomic E-state index is 13.4. The zero-order valence-corrected chi connectivity index (χ0v) is 20.1. The number of halogens is 4. The number of benzene rings is 2. The molecule has 0 unspecified atom stereocenters. The van der Waals surface area contributed by atoms with E-state index in [1.165, 1.54) is 29.5 Å².